The molecule has 1 amide bonds. The van der Waals surface area contributed by atoms with Gasteiger partial charge in [-0.1, -0.05) is 53.9 Å². The van der Waals surface area contributed by atoms with E-state index in [4.69, 9.17) is 34.8 Å². The molecule has 0 heterocycles. The van der Waals surface area contributed by atoms with Gasteiger partial charge in [0.15, 0.2) is 0 Å². The second-order valence-corrected chi connectivity index (χ2v) is 6.45. The molecule has 0 aromatic heterocycles. The molecule has 21 heavy (non-hydrogen) atoms. The van der Waals surface area contributed by atoms with Crippen molar-refractivity contribution in [1.29, 1.82) is 0 Å². The van der Waals surface area contributed by atoms with Gasteiger partial charge < -0.3 is 10.6 Å². The minimum absolute atomic E-state index is 0.0971. The van der Waals surface area contributed by atoms with E-state index in [9.17, 15) is 18.0 Å². The summed E-state index contributed by atoms with van der Waals surface area (Å²) in [6.45, 7) is 1.56. The summed E-state index contributed by atoms with van der Waals surface area (Å²) in [4.78, 5) is 11.4. The quantitative estimate of drug-likeness (QED) is 0.617. The molecule has 2 N–H and O–H groups in total. The molecule has 9 heteroatoms. The van der Waals surface area contributed by atoms with E-state index in [-0.39, 0.29) is 12.1 Å². The fourth-order valence-corrected chi connectivity index (χ4v) is 1.80. The van der Waals surface area contributed by atoms with Gasteiger partial charge in [0.05, 0.1) is 5.56 Å². The first-order valence-electron chi connectivity index (χ1n) is 5.84. The number of halogens is 6. The third kappa shape index (κ3) is 5.45. The van der Waals surface area contributed by atoms with Crippen LogP contribution in [0.2, 0.25) is 0 Å². The van der Waals surface area contributed by atoms with Gasteiger partial charge in [0, 0.05) is 12.1 Å². The summed E-state index contributed by atoms with van der Waals surface area (Å²) in [5.74, 6) is -0.469. The van der Waals surface area contributed by atoms with Crippen LogP contribution in [-0.4, -0.2) is 15.9 Å². The summed E-state index contributed by atoms with van der Waals surface area (Å²) in [5, 5.41) is 4.73. The second kappa shape index (κ2) is 6.94. The minimum atomic E-state index is -4.57. The van der Waals surface area contributed by atoms with E-state index in [1.54, 1.807) is 6.92 Å². The van der Waals surface area contributed by atoms with Gasteiger partial charge in [-0.05, 0) is 12.1 Å². The van der Waals surface area contributed by atoms with Crippen molar-refractivity contribution in [3.05, 3.63) is 29.8 Å². The van der Waals surface area contributed by atoms with Gasteiger partial charge in [0.25, 0.3) is 0 Å². The lowest BCUT2D eigenvalue weighted by Gasteiger charge is -2.28. The van der Waals surface area contributed by atoms with Crippen LogP contribution in [0.25, 0.3) is 0 Å². The van der Waals surface area contributed by atoms with Crippen LogP contribution in [0.3, 0.4) is 0 Å². The van der Waals surface area contributed by atoms with Gasteiger partial charge in [-0.25, -0.2) is 0 Å². The van der Waals surface area contributed by atoms with E-state index in [0.29, 0.717) is 0 Å². The zero-order chi connectivity index (χ0) is 16.3. The molecule has 0 aliphatic rings. The van der Waals surface area contributed by atoms with Crippen molar-refractivity contribution in [1.82, 2.24) is 5.32 Å². The topological polar surface area (TPSA) is 41.1 Å². The lowest BCUT2D eigenvalue weighted by atomic mass is 10.1. The number of amides is 1. The maximum Gasteiger partial charge on any atom is 0.418 e. The molecule has 1 atom stereocenters. The number of rotatable bonds is 4. The third-order valence-electron chi connectivity index (χ3n) is 2.49. The first kappa shape index (κ1) is 18.2. The van der Waals surface area contributed by atoms with Crippen molar-refractivity contribution < 1.29 is 18.0 Å². The number of hydrogen-bond acceptors (Lipinski definition) is 2. The zero-order valence-corrected chi connectivity index (χ0v) is 13.0. The molecule has 1 rings (SSSR count). The summed E-state index contributed by atoms with van der Waals surface area (Å²) in [6, 6.07) is 4.71. The summed E-state index contributed by atoms with van der Waals surface area (Å²) in [6.07, 6.45) is -5.78. The first-order chi connectivity index (χ1) is 9.55. The number of para-hydroxylation sites is 1. The van der Waals surface area contributed by atoms with E-state index >= 15 is 0 Å². The molecule has 1 unspecified atom stereocenters. The molecule has 0 fully saturated rings. The van der Waals surface area contributed by atoms with E-state index in [1.807, 2.05) is 0 Å². The number of hydrogen-bond donors (Lipinski definition) is 2. The van der Waals surface area contributed by atoms with Crippen LogP contribution in [0.1, 0.15) is 18.9 Å². The van der Waals surface area contributed by atoms with Crippen LogP contribution < -0.4 is 10.6 Å². The predicted octanol–water partition coefficient (Wildman–Crippen LogP) is 4.34. The summed E-state index contributed by atoms with van der Waals surface area (Å²) in [5.41, 5.74) is -1.22. The average Bonchev–Trinajstić information content (AvgIpc) is 2.36. The van der Waals surface area contributed by atoms with Crippen molar-refractivity contribution in [2.75, 3.05) is 5.32 Å². The van der Waals surface area contributed by atoms with Crippen molar-refractivity contribution in [2.24, 2.45) is 0 Å². The van der Waals surface area contributed by atoms with Gasteiger partial charge in [-0.15, -0.1) is 0 Å². The monoisotopic (exact) mass is 362 g/mol. The number of carbonyl (C=O) groups is 1. The number of benzene rings is 1. The van der Waals surface area contributed by atoms with Gasteiger partial charge in [0.2, 0.25) is 9.70 Å². The highest BCUT2D eigenvalue weighted by Gasteiger charge is 2.37. The molecule has 0 spiro atoms. The molecule has 0 bridgehead atoms. The second-order valence-electron chi connectivity index (χ2n) is 4.08. The maximum absolute atomic E-state index is 12.9. The molecule has 0 saturated carbocycles. The largest absolute Gasteiger partial charge is 0.418 e. The minimum Gasteiger partial charge on any atom is -0.361 e. The first-order valence-corrected chi connectivity index (χ1v) is 6.98. The Balaban J connectivity index is 3.07. The maximum atomic E-state index is 12.9. The fraction of sp³-hybridized carbons (Fsp3) is 0.417. The lowest BCUT2D eigenvalue weighted by Crippen LogP contribution is -2.49. The van der Waals surface area contributed by atoms with Crippen LogP contribution in [0.5, 0.6) is 0 Å². The fourth-order valence-electron chi connectivity index (χ4n) is 1.47. The third-order valence-corrected chi connectivity index (χ3v) is 3.14. The van der Waals surface area contributed by atoms with Crippen molar-refractivity contribution >= 4 is 46.4 Å². The number of anilines is 1. The molecule has 0 aliphatic carbocycles. The number of nitrogens with one attached hydrogen (secondary N) is 2. The summed E-state index contributed by atoms with van der Waals surface area (Å²) in [7, 11) is 0. The number of carbonyl (C=O) groups excluding carboxylic acids is 1. The van der Waals surface area contributed by atoms with E-state index in [1.165, 1.54) is 18.2 Å². The molecule has 0 aliphatic heterocycles. The Morgan fingerprint density at radius 3 is 2.29 bits per heavy atom. The lowest BCUT2D eigenvalue weighted by molar-refractivity contribution is -0.137. The standard InChI is InChI=1S/C12H12Cl3F3N2O/c1-2-9(21)20-10(11(13,14)15)19-8-6-4-3-5-7(8)12(16,17)18/h3-6,10,19H,2H2,1H3,(H,20,21). The molecule has 118 valence electrons. The Morgan fingerprint density at radius 1 is 1.24 bits per heavy atom. The molecular weight excluding hydrogens is 351 g/mol. The number of alkyl halides is 6. The van der Waals surface area contributed by atoms with Gasteiger partial charge in [-0.2, -0.15) is 13.2 Å². The van der Waals surface area contributed by atoms with Crippen molar-refractivity contribution in [3.63, 3.8) is 0 Å². The smallest absolute Gasteiger partial charge is 0.361 e. The normalized spacial score (nSPS) is 13.7. The molecule has 1 aromatic rings. The Hall–Kier alpha value is -0.850. The van der Waals surface area contributed by atoms with E-state index in [0.717, 1.165) is 6.07 Å². The van der Waals surface area contributed by atoms with E-state index in [2.05, 4.69) is 10.6 Å². The molecule has 0 radical (unpaired) electrons. The Morgan fingerprint density at radius 2 is 1.81 bits per heavy atom. The molecule has 3 nitrogen and oxygen atoms in total. The van der Waals surface area contributed by atoms with Gasteiger partial charge in [-0.3, -0.25) is 4.79 Å². The van der Waals surface area contributed by atoms with Crippen LogP contribution in [0.4, 0.5) is 18.9 Å². The Labute approximate surface area is 134 Å². The van der Waals surface area contributed by atoms with Crippen molar-refractivity contribution in [2.45, 2.75) is 29.5 Å². The predicted molar refractivity (Wildman–Crippen MR) is 77.6 cm³/mol. The highest BCUT2D eigenvalue weighted by atomic mass is 35.6. The van der Waals surface area contributed by atoms with Crippen LogP contribution in [0, 0.1) is 0 Å². The van der Waals surface area contributed by atoms with E-state index < -0.39 is 27.6 Å². The Bertz CT molecular complexity index is 503. The van der Waals surface area contributed by atoms with Crippen molar-refractivity contribution in [3.8, 4) is 0 Å². The van der Waals surface area contributed by atoms with Crippen LogP contribution in [-0.2, 0) is 11.0 Å². The zero-order valence-electron chi connectivity index (χ0n) is 10.8. The summed E-state index contributed by atoms with van der Waals surface area (Å²) >= 11 is 17.1. The summed E-state index contributed by atoms with van der Waals surface area (Å²) < 4.78 is 36.7. The molecule has 0 saturated heterocycles. The van der Waals surface area contributed by atoms with Crippen LogP contribution in [0.15, 0.2) is 24.3 Å². The SMILES string of the molecule is CCC(=O)NC(Nc1ccccc1C(F)(F)F)C(Cl)(Cl)Cl. The van der Waals surface area contributed by atoms with Gasteiger partial charge >= 0.3 is 6.18 Å². The van der Waals surface area contributed by atoms with Crippen LogP contribution >= 0.6 is 34.8 Å². The highest BCUT2D eigenvalue weighted by Crippen LogP contribution is 2.37. The average molecular weight is 364 g/mol. The van der Waals surface area contributed by atoms with Gasteiger partial charge in [0.1, 0.15) is 6.17 Å². The molecular formula is C12H12Cl3F3N2O. The molecule has 1 aromatic carbocycles. The Kier molecular flexibility index (Phi) is 6.01. The highest BCUT2D eigenvalue weighted by molar-refractivity contribution is 6.68.